The molecule has 11 heteroatoms. The summed E-state index contributed by atoms with van der Waals surface area (Å²) in [6, 6.07) is 2.75. The zero-order valence-corrected chi connectivity index (χ0v) is 16.2. The van der Waals surface area contributed by atoms with Crippen LogP contribution in [0.25, 0.3) is 10.9 Å². The summed E-state index contributed by atoms with van der Waals surface area (Å²) in [4.78, 5) is 29.3. The Morgan fingerprint density at radius 3 is 2.81 bits per heavy atom. The number of carbonyl (C=O) groups is 1. The highest BCUT2D eigenvalue weighted by Crippen LogP contribution is 2.39. The molecular weight excluding hydrogens is 479 g/mol. The van der Waals surface area contributed by atoms with Crippen molar-refractivity contribution < 1.29 is 19.9 Å². The lowest BCUT2D eigenvalue weighted by molar-refractivity contribution is -0.384. The molecule has 0 bridgehead atoms. The number of hydrogen-bond acceptors (Lipinski definition) is 6. The summed E-state index contributed by atoms with van der Waals surface area (Å²) in [5.74, 6) is 0. The van der Waals surface area contributed by atoms with E-state index in [1.807, 2.05) is 22.6 Å². The third kappa shape index (κ3) is 3.35. The molecule has 0 aliphatic carbocycles. The first-order chi connectivity index (χ1) is 12.3. The number of fused-ring (bicyclic) bond motifs is 1. The quantitative estimate of drug-likeness (QED) is 0.384. The number of carboxylic acid groups (broad SMARTS) is 1. The van der Waals surface area contributed by atoms with Crippen LogP contribution in [0.15, 0.2) is 18.3 Å². The Labute approximate surface area is 166 Å². The van der Waals surface area contributed by atoms with Gasteiger partial charge in [-0.25, -0.2) is 9.78 Å². The van der Waals surface area contributed by atoms with E-state index >= 15 is 0 Å². The van der Waals surface area contributed by atoms with Crippen molar-refractivity contribution >= 4 is 62.6 Å². The summed E-state index contributed by atoms with van der Waals surface area (Å²) in [5, 5.41) is 31.5. The van der Waals surface area contributed by atoms with E-state index in [9.17, 15) is 25.1 Å². The van der Waals surface area contributed by atoms with Gasteiger partial charge in [0.25, 0.3) is 0 Å². The SMILES string of the molecule is O=C(O)N1CCN(c2c([N+](=O)[O-])cnc3cc(Cl)c(I)cc23)[C@@H](CO)C1. The Bertz CT molecular complexity index is 896. The number of aliphatic hydroxyl groups excluding tert-OH is 1. The fourth-order valence-electron chi connectivity index (χ4n) is 3.08. The lowest BCUT2D eigenvalue weighted by Gasteiger charge is -2.40. The number of piperazine rings is 1. The van der Waals surface area contributed by atoms with Crippen molar-refractivity contribution in [2.24, 2.45) is 0 Å². The van der Waals surface area contributed by atoms with Crippen molar-refractivity contribution in [1.82, 2.24) is 9.88 Å². The highest BCUT2D eigenvalue weighted by Gasteiger charge is 2.34. The van der Waals surface area contributed by atoms with Crippen molar-refractivity contribution in [2.45, 2.75) is 6.04 Å². The topological polar surface area (TPSA) is 120 Å². The number of hydrogen-bond donors (Lipinski definition) is 2. The second-order valence-electron chi connectivity index (χ2n) is 5.79. The molecule has 1 aliphatic rings. The standard InChI is InChI=1S/C15H14ClIN4O5/c16-10-4-12-9(3-11(10)17)14(13(5-18-12)21(25)26)20-2-1-19(15(23)24)6-8(20)7-22/h3-5,8,22H,1-2,6-7H2,(H,23,24)/t8-/m1/s1. The maximum Gasteiger partial charge on any atom is 0.407 e. The number of amides is 1. The summed E-state index contributed by atoms with van der Waals surface area (Å²) in [6.07, 6.45) is 0.0808. The molecule has 138 valence electrons. The lowest BCUT2D eigenvalue weighted by atomic mass is 10.1. The van der Waals surface area contributed by atoms with Crippen LogP contribution in [0.2, 0.25) is 5.02 Å². The molecule has 1 amide bonds. The Morgan fingerprint density at radius 2 is 2.19 bits per heavy atom. The maximum absolute atomic E-state index is 11.6. The fourth-order valence-corrected chi connectivity index (χ4v) is 3.70. The molecule has 3 rings (SSSR count). The third-order valence-corrected chi connectivity index (χ3v) is 5.83. The molecule has 1 atom stereocenters. The van der Waals surface area contributed by atoms with Gasteiger partial charge in [-0.05, 0) is 34.7 Å². The summed E-state index contributed by atoms with van der Waals surface area (Å²) in [6.45, 7) is 0.112. The minimum atomic E-state index is -1.08. The Kier molecular flexibility index (Phi) is 5.34. The summed E-state index contributed by atoms with van der Waals surface area (Å²) in [7, 11) is 0. The minimum absolute atomic E-state index is 0.0531. The van der Waals surface area contributed by atoms with E-state index in [-0.39, 0.29) is 31.9 Å². The number of rotatable bonds is 3. The van der Waals surface area contributed by atoms with Crippen molar-refractivity contribution in [3.05, 3.63) is 37.0 Å². The normalized spacial score (nSPS) is 17.6. The molecule has 1 fully saturated rings. The highest BCUT2D eigenvalue weighted by atomic mass is 127. The van der Waals surface area contributed by atoms with Gasteiger partial charge in [0.2, 0.25) is 0 Å². The predicted octanol–water partition coefficient (Wildman–Crippen LogP) is 2.56. The van der Waals surface area contributed by atoms with Crippen LogP contribution in [0.1, 0.15) is 0 Å². The first-order valence-corrected chi connectivity index (χ1v) is 9.06. The lowest BCUT2D eigenvalue weighted by Crippen LogP contribution is -2.56. The van der Waals surface area contributed by atoms with Crippen molar-refractivity contribution in [3.63, 3.8) is 0 Å². The number of aliphatic hydroxyl groups is 1. The monoisotopic (exact) mass is 492 g/mol. The number of benzene rings is 1. The Balaban J connectivity index is 2.18. The molecule has 2 N–H and O–H groups in total. The number of aromatic nitrogens is 1. The molecule has 2 aromatic rings. The maximum atomic E-state index is 11.6. The fraction of sp³-hybridized carbons (Fsp3) is 0.333. The summed E-state index contributed by atoms with van der Waals surface area (Å²) in [5.41, 5.74) is 0.616. The summed E-state index contributed by atoms with van der Waals surface area (Å²) >= 11 is 8.16. The number of pyridine rings is 1. The first-order valence-electron chi connectivity index (χ1n) is 7.61. The van der Waals surface area contributed by atoms with Gasteiger partial charge in [0.1, 0.15) is 11.9 Å². The minimum Gasteiger partial charge on any atom is -0.465 e. The zero-order chi connectivity index (χ0) is 19.0. The molecule has 26 heavy (non-hydrogen) atoms. The van der Waals surface area contributed by atoms with Gasteiger partial charge in [-0.1, -0.05) is 11.6 Å². The van der Waals surface area contributed by atoms with Crippen molar-refractivity contribution in [2.75, 3.05) is 31.1 Å². The van der Waals surface area contributed by atoms with Gasteiger partial charge >= 0.3 is 11.8 Å². The Morgan fingerprint density at radius 1 is 1.46 bits per heavy atom. The molecule has 1 saturated heterocycles. The number of nitrogens with zero attached hydrogens (tertiary/aromatic N) is 4. The first kappa shape index (κ1) is 18.9. The molecule has 2 heterocycles. The average Bonchev–Trinajstić information content (AvgIpc) is 2.61. The van der Waals surface area contributed by atoms with Gasteiger partial charge in [0.15, 0.2) is 0 Å². The van der Waals surface area contributed by atoms with Crippen LogP contribution >= 0.6 is 34.2 Å². The molecule has 0 unspecified atom stereocenters. The molecule has 1 aliphatic heterocycles. The van der Waals surface area contributed by atoms with Crippen LogP contribution in [0.4, 0.5) is 16.2 Å². The van der Waals surface area contributed by atoms with Gasteiger partial charge < -0.3 is 20.0 Å². The second kappa shape index (κ2) is 7.37. The van der Waals surface area contributed by atoms with Crippen molar-refractivity contribution in [3.8, 4) is 0 Å². The van der Waals surface area contributed by atoms with E-state index in [0.29, 0.717) is 25.2 Å². The summed E-state index contributed by atoms with van der Waals surface area (Å²) < 4.78 is 0.713. The van der Waals surface area contributed by atoms with Crippen molar-refractivity contribution in [1.29, 1.82) is 0 Å². The molecule has 1 aromatic heterocycles. The molecular formula is C15H14ClIN4O5. The largest absolute Gasteiger partial charge is 0.465 e. The number of halogens is 2. The predicted molar refractivity (Wildman–Crippen MR) is 104 cm³/mol. The van der Waals surface area contributed by atoms with Crippen LogP contribution in [-0.2, 0) is 0 Å². The van der Waals surface area contributed by atoms with Crippen LogP contribution in [0.5, 0.6) is 0 Å². The van der Waals surface area contributed by atoms with E-state index in [0.717, 1.165) is 0 Å². The number of nitro groups is 1. The van der Waals surface area contributed by atoms with E-state index in [1.54, 1.807) is 17.0 Å². The van der Waals surface area contributed by atoms with Crippen LogP contribution in [-0.4, -0.2) is 63.4 Å². The van der Waals surface area contributed by atoms with Gasteiger partial charge in [-0.15, -0.1) is 0 Å². The van der Waals surface area contributed by atoms with Gasteiger partial charge in [0, 0.05) is 28.6 Å². The van der Waals surface area contributed by atoms with Crippen LogP contribution in [0, 0.1) is 13.7 Å². The average molecular weight is 493 g/mol. The van der Waals surface area contributed by atoms with Gasteiger partial charge in [-0.2, -0.15) is 0 Å². The highest BCUT2D eigenvalue weighted by molar-refractivity contribution is 14.1. The molecule has 9 nitrogen and oxygen atoms in total. The third-order valence-electron chi connectivity index (χ3n) is 4.31. The van der Waals surface area contributed by atoms with Crippen LogP contribution in [0.3, 0.4) is 0 Å². The molecule has 0 saturated carbocycles. The zero-order valence-electron chi connectivity index (χ0n) is 13.3. The van der Waals surface area contributed by atoms with E-state index < -0.39 is 17.1 Å². The van der Waals surface area contributed by atoms with Crippen LogP contribution < -0.4 is 4.90 Å². The van der Waals surface area contributed by atoms with Gasteiger partial charge in [0.05, 0.1) is 28.1 Å². The molecule has 0 spiro atoms. The Hall–Kier alpha value is -1.92. The molecule has 0 radical (unpaired) electrons. The van der Waals surface area contributed by atoms with E-state index in [2.05, 4.69) is 4.98 Å². The molecule has 1 aromatic carbocycles. The smallest absolute Gasteiger partial charge is 0.407 e. The van der Waals surface area contributed by atoms with E-state index in [1.165, 1.54) is 11.1 Å². The number of anilines is 1. The van der Waals surface area contributed by atoms with Gasteiger partial charge in [-0.3, -0.25) is 10.1 Å². The second-order valence-corrected chi connectivity index (χ2v) is 7.36. The van der Waals surface area contributed by atoms with E-state index in [4.69, 9.17) is 11.6 Å².